The van der Waals surface area contributed by atoms with E-state index in [-0.39, 0.29) is 12.2 Å². The Kier molecular flexibility index (Phi) is 12.2. The van der Waals surface area contributed by atoms with Crippen molar-refractivity contribution < 1.29 is 8.92 Å². The molecule has 0 spiro atoms. The highest BCUT2D eigenvalue weighted by Crippen LogP contribution is 2.29. The average Bonchev–Trinajstić information content (AvgIpc) is 3.34. The monoisotopic (exact) mass is 703 g/mol. The van der Waals surface area contributed by atoms with Gasteiger partial charge >= 0.3 is 0 Å². The Hall–Kier alpha value is -2.65. The zero-order chi connectivity index (χ0) is 31.6. The molecule has 3 aromatic carbocycles. The van der Waals surface area contributed by atoms with Crippen LogP contribution in [0, 0.1) is 0 Å². The van der Waals surface area contributed by atoms with E-state index < -0.39 is 3.79 Å². The lowest BCUT2D eigenvalue weighted by molar-refractivity contribution is 0.305. The van der Waals surface area contributed by atoms with Crippen LogP contribution in [0.2, 0.25) is 5.02 Å². The Morgan fingerprint density at radius 1 is 0.867 bits per heavy atom. The standard InChI is InChI=1S/C34H33Cl4N3O3S/c35-27-19-25(15-16-31(27)43-17-9-1-2-10-18-45-44-23-34(36,37)38)21-29-33(42)41-22-30(26-13-7-4-8-14-26)39-28(32(41)40-29)20-24-11-5-3-6-12-24/h3-8,11-16,19,22,39H,1-2,9-10,17-18,20-21,23H2. The van der Waals surface area contributed by atoms with Crippen molar-refractivity contribution in [2.75, 3.05) is 19.0 Å². The van der Waals surface area contributed by atoms with E-state index in [1.165, 1.54) is 12.0 Å². The summed E-state index contributed by atoms with van der Waals surface area (Å²) in [4.78, 5) is 22.0. The quantitative estimate of drug-likeness (QED) is 0.0668. The van der Waals surface area contributed by atoms with Crippen LogP contribution in [0.3, 0.4) is 0 Å². The number of ether oxygens (including phenoxy) is 1. The van der Waals surface area contributed by atoms with E-state index in [1.54, 1.807) is 4.57 Å². The fraction of sp³-hybridized carbons (Fsp3) is 0.294. The molecule has 2 aliphatic heterocycles. The van der Waals surface area contributed by atoms with Crippen LogP contribution in [0.4, 0.5) is 0 Å². The minimum Gasteiger partial charge on any atom is -0.492 e. The van der Waals surface area contributed by atoms with Gasteiger partial charge in [-0.05, 0) is 53.7 Å². The third kappa shape index (κ3) is 9.92. The van der Waals surface area contributed by atoms with Crippen LogP contribution in [0.25, 0.3) is 17.1 Å². The number of hydrogen-bond donors (Lipinski definition) is 1. The molecule has 0 radical (unpaired) electrons. The number of nitrogens with zero attached hydrogens (tertiary/aromatic N) is 2. The number of nitrogens with one attached hydrogen (secondary N) is 1. The summed E-state index contributed by atoms with van der Waals surface area (Å²) in [6.07, 6.45) is 6.79. The SMILES string of the molecule is O=c1c(Cc2ccc(OCCCCCCSOCC(Cl)(Cl)Cl)c(Cl)c2)nc2c(Cc3ccccc3)[nH]c(-c3ccccc3)cn1-2. The largest absolute Gasteiger partial charge is 0.492 e. The maximum atomic E-state index is 13.6. The number of hydrogen-bond acceptors (Lipinski definition) is 5. The predicted octanol–water partition coefficient (Wildman–Crippen LogP) is 9.47. The molecular weight excluding hydrogens is 672 g/mol. The molecule has 0 amide bonds. The van der Waals surface area contributed by atoms with E-state index in [2.05, 4.69) is 17.1 Å². The number of unbranched alkanes of at least 4 members (excludes halogenated alkanes) is 3. The highest BCUT2D eigenvalue weighted by atomic mass is 35.6. The summed E-state index contributed by atoms with van der Waals surface area (Å²) in [5.74, 6) is 2.09. The van der Waals surface area contributed by atoms with Crippen molar-refractivity contribution in [1.82, 2.24) is 14.5 Å². The Bertz CT molecular complexity index is 1690. The van der Waals surface area contributed by atoms with Crippen molar-refractivity contribution >= 4 is 58.4 Å². The van der Waals surface area contributed by atoms with E-state index >= 15 is 0 Å². The molecule has 1 N–H and O–H groups in total. The number of H-pyrrole nitrogens is 1. The van der Waals surface area contributed by atoms with Gasteiger partial charge in [-0.1, -0.05) is 126 Å². The van der Waals surface area contributed by atoms with Crippen LogP contribution >= 0.6 is 58.4 Å². The maximum absolute atomic E-state index is 13.6. The first kappa shape index (κ1) is 33.7. The molecule has 45 heavy (non-hydrogen) atoms. The van der Waals surface area contributed by atoms with Crippen LogP contribution in [0.5, 0.6) is 5.75 Å². The Balaban J connectivity index is 1.21. The number of alkyl halides is 3. The van der Waals surface area contributed by atoms with Gasteiger partial charge in [-0.2, -0.15) is 0 Å². The minimum atomic E-state index is -1.38. The molecule has 3 aromatic rings. The normalized spacial score (nSPS) is 11.7. The Morgan fingerprint density at radius 2 is 1.60 bits per heavy atom. The summed E-state index contributed by atoms with van der Waals surface area (Å²) in [7, 11) is 0. The topological polar surface area (TPSA) is 69.1 Å². The average molecular weight is 706 g/mol. The Morgan fingerprint density at radius 3 is 2.33 bits per heavy atom. The fourth-order valence-corrected chi connectivity index (χ4v) is 6.23. The van der Waals surface area contributed by atoms with Gasteiger partial charge in [0.1, 0.15) is 18.1 Å². The molecule has 236 valence electrons. The molecule has 0 bridgehead atoms. The molecule has 5 rings (SSSR count). The molecule has 0 aliphatic carbocycles. The lowest BCUT2D eigenvalue weighted by Gasteiger charge is -2.13. The highest BCUT2D eigenvalue weighted by Gasteiger charge is 2.21. The fourth-order valence-electron chi connectivity index (χ4n) is 4.91. The van der Waals surface area contributed by atoms with Gasteiger partial charge in [-0.3, -0.25) is 9.36 Å². The van der Waals surface area contributed by atoms with Gasteiger partial charge in [0.2, 0.25) is 3.79 Å². The number of imidazole rings is 1. The van der Waals surface area contributed by atoms with Gasteiger partial charge < -0.3 is 13.9 Å². The summed E-state index contributed by atoms with van der Waals surface area (Å²) >= 11 is 24.9. The minimum absolute atomic E-state index is 0.0662. The van der Waals surface area contributed by atoms with Crippen LogP contribution in [-0.2, 0) is 17.0 Å². The number of fused-ring (bicyclic) bond motifs is 1. The zero-order valence-corrected chi connectivity index (χ0v) is 28.3. The molecule has 2 aliphatic rings. The molecule has 2 heterocycles. The van der Waals surface area contributed by atoms with E-state index in [1.807, 2.05) is 72.9 Å². The third-order valence-electron chi connectivity index (χ3n) is 7.11. The predicted molar refractivity (Wildman–Crippen MR) is 187 cm³/mol. The molecular formula is C34H33Cl4N3O3S. The number of halogens is 4. The Labute approximate surface area is 287 Å². The van der Waals surface area contributed by atoms with E-state index in [4.69, 9.17) is 60.3 Å². The lowest BCUT2D eigenvalue weighted by Crippen LogP contribution is -2.17. The second-order valence-corrected chi connectivity index (χ2v) is 14.4. The summed E-state index contributed by atoms with van der Waals surface area (Å²) < 4.78 is 11.5. The first-order chi connectivity index (χ1) is 21.8. The molecule has 6 nitrogen and oxygen atoms in total. The summed E-state index contributed by atoms with van der Waals surface area (Å²) in [5.41, 5.74) is 5.06. The number of aromatic amines is 1. The van der Waals surface area contributed by atoms with Crippen molar-refractivity contribution in [3.63, 3.8) is 0 Å². The molecule has 0 aromatic heterocycles. The zero-order valence-electron chi connectivity index (χ0n) is 24.5. The lowest BCUT2D eigenvalue weighted by atomic mass is 10.1. The summed E-state index contributed by atoms with van der Waals surface area (Å²) in [5, 5.41) is 0.510. The van der Waals surface area contributed by atoms with Crippen LogP contribution in [0.15, 0.2) is 89.9 Å². The molecule has 0 saturated heterocycles. The molecule has 0 saturated carbocycles. The van der Waals surface area contributed by atoms with Crippen molar-refractivity contribution in [2.45, 2.75) is 42.3 Å². The first-order valence-corrected chi connectivity index (χ1v) is 17.1. The second kappa shape index (κ2) is 16.3. The van der Waals surface area contributed by atoms with Crippen molar-refractivity contribution in [3.05, 3.63) is 123 Å². The molecule has 11 heteroatoms. The van der Waals surface area contributed by atoms with Gasteiger partial charge in [0.15, 0.2) is 5.82 Å². The number of benzene rings is 3. The van der Waals surface area contributed by atoms with E-state index in [0.29, 0.717) is 41.7 Å². The molecule has 0 atom stereocenters. The van der Waals surface area contributed by atoms with Crippen LogP contribution in [-0.4, -0.2) is 37.3 Å². The molecule has 0 unspecified atom stereocenters. The van der Waals surface area contributed by atoms with E-state index in [9.17, 15) is 4.79 Å². The first-order valence-electron chi connectivity index (χ1n) is 14.7. The summed E-state index contributed by atoms with van der Waals surface area (Å²) in [6.45, 7) is 0.633. The van der Waals surface area contributed by atoms with Crippen molar-refractivity contribution in [2.24, 2.45) is 0 Å². The van der Waals surface area contributed by atoms with Crippen LogP contribution < -0.4 is 10.3 Å². The van der Waals surface area contributed by atoms with Crippen LogP contribution in [0.1, 0.15) is 48.2 Å². The smallest absolute Gasteiger partial charge is 0.278 e. The van der Waals surface area contributed by atoms with Gasteiger partial charge in [0, 0.05) is 24.8 Å². The van der Waals surface area contributed by atoms with E-state index in [0.717, 1.165) is 59.5 Å². The summed E-state index contributed by atoms with van der Waals surface area (Å²) in [6, 6.07) is 25.8. The third-order valence-corrected chi connectivity index (χ3v) is 8.47. The second-order valence-electron chi connectivity index (χ2n) is 10.6. The number of aromatic nitrogens is 3. The van der Waals surface area contributed by atoms with Crippen molar-refractivity contribution in [3.8, 4) is 22.8 Å². The van der Waals surface area contributed by atoms with Gasteiger partial charge in [0.25, 0.3) is 5.56 Å². The maximum Gasteiger partial charge on any atom is 0.278 e. The van der Waals surface area contributed by atoms with Gasteiger partial charge in [-0.15, -0.1) is 0 Å². The highest BCUT2D eigenvalue weighted by molar-refractivity contribution is 7.94. The van der Waals surface area contributed by atoms with Crippen molar-refractivity contribution in [1.29, 1.82) is 0 Å². The molecule has 0 fully saturated rings. The van der Waals surface area contributed by atoms with Gasteiger partial charge in [-0.25, -0.2) is 4.98 Å². The number of rotatable bonds is 15. The van der Waals surface area contributed by atoms with Gasteiger partial charge in [0.05, 0.1) is 23.0 Å².